The zero-order valence-corrected chi connectivity index (χ0v) is 7.53. The minimum Gasteiger partial charge on any atom is -0.378 e. The quantitative estimate of drug-likeness (QED) is 0.587. The molecule has 1 atom stereocenters. The molecule has 2 aliphatic rings. The third-order valence-electron chi connectivity index (χ3n) is 2.61. The molecular formula is C8H15N3O2. The van der Waals surface area contributed by atoms with E-state index in [2.05, 4.69) is 5.32 Å². The number of hydrogen-bond donors (Lipinski definition) is 2. The number of nitrogens with one attached hydrogen (secondary N) is 1. The highest BCUT2D eigenvalue weighted by molar-refractivity contribution is 5.72. The van der Waals surface area contributed by atoms with Crippen LogP contribution in [0.25, 0.3) is 0 Å². The lowest BCUT2D eigenvalue weighted by Gasteiger charge is -2.29. The van der Waals surface area contributed by atoms with Gasteiger partial charge in [0.25, 0.3) is 0 Å². The molecule has 2 aliphatic heterocycles. The van der Waals surface area contributed by atoms with E-state index < -0.39 is 0 Å². The van der Waals surface area contributed by atoms with Gasteiger partial charge in [0.05, 0.1) is 19.3 Å². The van der Waals surface area contributed by atoms with Gasteiger partial charge in [0.1, 0.15) is 0 Å². The average Bonchev–Trinajstić information content (AvgIpc) is 2.44. The predicted octanol–water partition coefficient (Wildman–Crippen LogP) is -0.872. The first-order chi connectivity index (χ1) is 6.25. The first-order valence-corrected chi connectivity index (χ1v) is 4.64. The Labute approximate surface area is 77.2 Å². The largest absolute Gasteiger partial charge is 0.378 e. The van der Waals surface area contributed by atoms with Crippen molar-refractivity contribution in [2.24, 2.45) is 5.73 Å². The minimum absolute atomic E-state index is 0.311. The van der Waals surface area contributed by atoms with E-state index in [1.54, 1.807) is 4.90 Å². The Morgan fingerprint density at radius 3 is 2.69 bits per heavy atom. The third kappa shape index (κ3) is 1.92. The fraction of sp³-hybridized carbons (Fsp3) is 0.875. The second-order valence-electron chi connectivity index (χ2n) is 3.67. The number of carbonyl (C=O) groups excluding carboxylic acids is 1. The van der Waals surface area contributed by atoms with Crippen LogP contribution in [0.5, 0.6) is 0 Å². The molecule has 0 saturated carbocycles. The van der Waals surface area contributed by atoms with Crippen LogP contribution in [0.2, 0.25) is 0 Å². The lowest BCUT2D eigenvalue weighted by Crippen LogP contribution is -2.51. The van der Waals surface area contributed by atoms with Crippen LogP contribution >= 0.6 is 0 Å². The number of carbonyl (C=O) groups is 1. The number of amides is 2. The van der Waals surface area contributed by atoms with Gasteiger partial charge in [0, 0.05) is 19.1 Å². The Morgan fingerprint density at radius 1 is 1.46 bits per heavy atom. The number of rotatable bonds is 2. The summed E-state index contributed by atoms with van der Waals surface area (Å²) < 4.78 is 5.05. The van der Waals surface area contributed by atoms with E-state index in [9.17, 15) is 4.79 Å². The second-order valence-corrected chi connectivity index (χ2v) is 3.67. The van der Waals surface area contributed by atoms with E-state index in [0.717, 1.165) is 32.7 Å². The first kappa shape index (κ1) is 8.77. The summed E-state index contributed by atoms with van der Waals surface area (Å²) in [6.45, 7) is 3.12. The average molecular weight is 185 g/mol. The zero-order chi connectivity index (χ0) is 9.26. The van der Waals surface area contributed by atoms with Gasteiger partial charge in [-0.3, -0.25) is 0 Å². The predicted molar refractivity (Wildman–Crippen MR) is 47.3 cm³/mol. The molecule has 74 valence electrons. The van der Waals surface area contributed by atoms with Crippen molar-refractivity contribution in [2.75, 3.05) is 26.3 Å². The van der Waals surface area contributed by atoms with Crippen LogP contribution < -0.4 is 11.1 Å². The van der Waals surface area contributed by atoms with Gasteiger partial charge < -0.3 is 20.7 Å². The van der Waals surface area contributed by atoms with E-state index in [1.165, 1.54) is 0 Å². The Kier molecular flexibility index (Phi) is 2.37. The smallest absolute Gasteiger partial charge is 0.314 e. The summed E-state index contributed by atoms with van der Waals surface area (Å²) in [7, 11) is 0. The van der Waals surface area contributed by atoms with Crippen molar-refractivity contribution in [3.05, 3.63) is 0 Å². The summed E-state index contributed by atoms with van der Waals surface area (Å²) >= 11 is 0. The number of ether oxygens (including phenoxy) is 1. The van der Waals surface area contributed by atoms with Crippen molar-refractivity contribution < 1.29 is 9.53 Å². The van der Waals surface area contributed by atoms with E-state index in [0.29, 0.717) is 12.1 Å². The molecule has 3 N–H and O–H groups in total. The van der Waals surface area contributed by atoms with Gasteiger partial charge >= 0.3 is 6.03 Å². The van der Waals surface area contributed by atoms with Gasteiger partial charge in [0.2, 0.25) is 0 Å². The Hall–Kier alpha value is -0.810. The molecule has 2 heterocycles. The van der Waals surface area contributed by atoms with E-state index in [1.807, 2.05) is 0 Å². The molecule has 5 nitrogen and oxygen atoms in total. The van der Waals surface area contributed by atoms with Gasteiger partial charge in [-0.05, 0) is 6.42 Å². The van der Waals surface area contributed by atoms with Gasteiger partial charge in [0.15, 0.2) is 0 Å². The molecule has 0 radical (unpaired) electrons. The normalized spacial score (nSPS) is 28.9. The van der Waals surface area contributed by atoms with Crippen molar-refractivity contribution in [3.63, 3.8) is 0 Å². The molecule has 13 heavy (non-hydrogen) atoms. The van der Waals surface area contributed by atoms with Crippen LogP contribution in [0.4, 0.5) is 4.79 Å². The van der Waals surface area contributed by atoms with Crippen LogP contribution in [0.1, 0.15) is 6.42 Å². The monoisotopic (exact) mass is 185 g/mol. The van der Waals surface area contributed by atoms with Crippen molar-refractivity contribution >= 4 is 6.03 Å². The van der Waals surface area contributed by atoms with Crippen LogP contribution in [-0.4, -0.2) is 49.3 Å². The lowest BCUT2D eigenvalue weighted by atomic mass is 10.2. The number of primary amides is 1. The van der Waals surface area contributed by atoms with Gasteiger partial charge in [-0.1, -0.05) is 0 Å². The fourth-order valence-corrected chi connectivity index (χ4v) is 1.76. The van der Waals surface area contributed by atoms with Crippen molar-refractivity contribution in [1.82, 2.24) is 10.2 Å². The molecule has 0 aromatic carbocycles. The summed E-state index contributed by atoms with van der Waals surface area (Å²) in [5.74, 6) is 0. The van der Waals surface area contributed by atoms with E-state index in [4.69, 9.17) is 10.5 Å². The molecule has 0 bridgehead atoms. The molecule has 2 rings (SSSR count). The van der Waals surface area contributed by atoms with Crippen molar-refractivity contribution in [1.29, 1.82) is 0 Å². The lowest BCUT2D eigenvalue weighted by molar-refractivity contribution is -0.00932. The van der Waals surface area contributed by atoms with Gasteiger partial charge in [-0.25, -0.2) is 4.79 Å². The number of hydrogen-bond acceptors (Lipinski definition) is 3. The summed E-state index contributed by atoms with van der Waals surface area (Å²) in [4.78, 5) is 12.5. The number of likely N-dealkylation sites (tertiary alicyclic amines) is 1. The molecule has 1 unspecified atom stereocenters. The SMILES string of the molecule is NC(=O)N1CCC(NC2COC2)C1. The van der Waals surface area contributed by atoms with Crippen LogP contribution in [-0.2, 0) is 4.74 Å². The standard InChI is InChI=1S/C8H15N3O2/c9-8(12)11-2-1-6(3-11)10-7-4-13-5-7/h6-7,10H,1-5H2,(H2,9,12). The summed E-state index contributed by atoms with van der Waals surface area (Å²) in [6, 6.07) is 0.577. The minimum atomic E-state index is -0.311. The molecule has 2 fully saturated rings. The summed E-state index contributed by atoms with van der Waals surface area (Å²) in [5.41, 5.74) is 5.17. The molecule has 0 aromatic heterocycles. The maximum Gasteiger partial charge on any atom is 0.314 e. The fourth-order valence-electron chi connectivity index (χ4n) is 1.76. The Morgan fingerprint density at radius 2 is 2.23 bits per heavy atom. The maximum atomic E-state index is 10.8. The third-order valence-corrected chi connectivity index (χ3v) is 2.61. The van der Waals surface area contributed by atoms with Gasteiger partial charge in [-0.2, -0.15) is 0 Å². The highest BCUT2D eigenvalue weighted by Gasteiger charge is 2.28. The van der Waals surface area contributed by atoms with Crippen LogP contribution in [0.15, 0.2) is 0 Å². The highest BCUT2D eigenvalue weighted by Crippen LogP contribution is 2.11. The Balaban J connectivity index is 1.74. The van der Waals surface area contributed by atoms with E-state index in [-0.39, 0.29) is 6.03 Å². The molecular weight excluding hydrogens is 170 g/mol. The summed E-state index contributed by atoms with van der Waals surface area (Å²) in [5, 5.41) is 3.43. The molecule has 5 heteroatoms. The summed E-state index contributed by atoms with van der Waals surface area (Å²) in [6.07, 6.45) is 0.999. The zero-order valence-electron chi connectivity index (χ0n) is 7.53. The number of nitrogens with zero attached hydrogens (tertiary/aromatic N) is 1. The number of urea groups is 1. The Bertz CT molecular complexity index is 206. The first-order valence-electron chi connectivity index (χ1n) is 4.64. The van der Waals surface area contributed by atoms with Crippen LogP contribution in [0.3, 0.4) is 0 Å². The van der Waals surface area contributed by atoms with Crippen molar-refractivity contribution in [3.8, 4) is 0 Å². The maximum absolute atomic E-state index is 10.8. The highest BCUT2D eigenvalue weighted by atomic mass is 16.5. The van der Waals surface area contributed by atoms with Crippen LogP contribution in [0, 0.1) is 0 Å². The van der Waals surface area contributed by atoms with Crippen molar-refractivity contribution in [2.45, 2.75) is 18.5 Å². The second kappa shape index (κ2) is 3.51. The topological polar surface area (TPSA) is 67.6 Å². The molecule has 2 saturated heterocycles. The molecule has 0 aromatic rings. The molecule has 0 aliphatic carbocycles. The van der Waals surface area contributed by atoms with E-state index >= 15 is 0 Å². The van der Waals surface area contributed by atoms with Gasteiger partial charge in [-0.15, -0.1) is 0 Å². The number of nitrogens with two attached hydrogens (primary N) is 1. The molecule has 0 spiro atoms. The molecule has 2 amide bonds.